The van der Waals surface area contributed by atoms with Crippen LogP contribution >= 0.6 is 0 Å². The Bertz CT molecular complexity index is 485. The predicted molar refractivity (Wildman–Crippen MR) is 63.5 cm³/mol. The van der Waals surface area contributed by atoms with Gasteiger partial charge in [0.15, 0.2) is 0 Å². The topological polar surface area (TPSA) is 63.3 Å². The first-order chi connectivity index (χ1) is 8.19. The van der Waals surface area contributed by atoms with E-state index in [2.05, 4.69) is 16.3 Å². The minimum atomic E-state index is 0.380. The maximum absolute atomic E-state index is 6.82. The summed E-state index contributed by atoms with van der Waals surface area (Å²) in [5, 5.41) is 7.56. The zero-order chi connectivity index (χ0) is 12.3. The third kappa shape index (κ3) is 2.81. The lowest BCUT2D eigenvalue weighted by atomic mass is 10.1. The molecule has 1 aromatic rings. The predicted octanol–water partition coefficient (Wildman–Crippen LogP) is 2.49. The molecule has 0 spiro atoms. The minimum Gasteiger partial charge on any atom is -0.472 e. The van der Waals surface area contributed by atoms with Gasteiger partial charge in [0.25, 0.3) is 0 Å². The summed E-state index contributed by atoms with van der Waals surface area (Å²) in [5.74, 6) is 0.380. The lowest BCUT2D eigenvalue weighted by Crippen LogP contribution is -2.05. The number of hydrogen-bond donors (Lipinski definition) is 1. The molecule has 0 radical (unpaired) electrons. The van der Waals surface area contributed by atoms with Gasteiger partial charge in [-0.2, -0.15) is 5.10 Å². The summed E-state index contributed by atoms with van der Waals surface area (Å²) in [6.07, 6.45) is 5.62. The highest BCUT2D eigenvalue weighted by atomic mass is 16.5. The van der Waals surface area contributed by atoms with E-state index < -0.39 is 0 Å². The second kappa shape index (κ2) is 4.95. The van der Waals surface area contributed by atoms with Gasteiger partial charge in [0, 0.05) is 18.8 Å². The van der Waals surface area contributed by atoms with Gasteiger partial charge in [0.2, 0.25) is 5.88 Å². The quantitative estimate of drug-likeness (QED) is 0.810. The van der Waals surface area contributed by atoms with Crippen molar-refractivity contribution in [2.24, 2.45) is 12.2 Å². The van der Waals surface area contributed by atoms with E-state index >= 15 is 0 Å². The second-order valence-corrected chi connectivity index (χ2v) is 4.13. The Kier molecular flexibility index (Phi) is 3.37. The smallest absolute Gasteiger partial charge is 0.232 e. The molecule has 0 aliphatic carbocycles. The molecule has 0 fully saturated rings. The summed E-state index contributed by atoms with van der Waals surface area (Å²) in [5.41, 5.74) is 10.3. The average Bonchev–Trinajstić information content (AvgIpc) is 2.66. The molecule has 1 N–H and O–H groups in total. The van der Waals surface area contributed by atoms with E-state index in [0.29, 0.717) is 12.5 Å². The first-order valence-electron chi connectivity index (χ1n) is 5.58. The van der Waals surface area contributed by atoms with Crippen molar-refractivity contribution in [2.45, 2.75) is 19.8 Å². The summed E-state index contributed by atoms with van der Waals surface area (Å²) in [6.45, 7) is 2.53. The fourth-order valence-corrected chi connectivity index (χ4v) is 1.86. The van der Waals surface area contributed by atoms with Crippen molar-refractivity contribution < 1.29 is 4.74 Å². The lowest BCUT2D eigenvalue weighted by molar-refractivity contribution is 0.224. The fourth-order valence-electron chi connectivity index (χ4n) is 1.86. The van der Waals surface area contributed by atoms with E-state index in [4.69, 9.17) is 10.3 Å². The summed E-state index contributed by atoms with van der Waals surface area (Å²) >= 11 is 0. The number of nitrogens with zero attached hydrogens (tertiary/aromatic N) is 3. The van der Waals surface area contributed by atoms with Crippen LogP contribution in [0.3, 0.4) is 0 Å². The molecule has 1 aliphatic heterocycles. The van der Waals surface area contributed by atoms with Gasteiger partial charge in [-0.05, 0) is 31.4 Å². The molecule has 1 aromatic heterocycles. The van der Waals surface area contributed by atoms with Crippen LogP contribution in [0.25, 0.3) is 0 Å². The van der Waals surface area contributed by atoms with Gasteiger partial charge in [-0.3, -0.25) is 4.68 Å². The Morgan fingerprint density at radius 2 is 2.29 bits per heavy atom. The average molecular weight is 232 g/mol. The summed E-state index contributed by atoms with van der Waals surface area (Å²) < 4.78 is 7.20. The maximum atomic E-state index is 6.82. The lowest BCUT2D eigenvalue weighted by Gasteiger charge is -2.12. The van der Waals surface area contributed by atoms with Crippen LogP contribution in [-0.4, -0.2) is 16.4 Å². The number of nitrogens with one attached hydrogen (secondary N) is 1. The Morgan fingerprint density at radius 1 is 1.47 bits per heavy atom. The van der Waals surface area contributed by atoms with Crippen LogP contribution in [0.15, 0.2) is 34.8 Å². The number of aryl methyl sites for hydroxylation is 3. The van der Waals surface area contributed by atoms with Crippen molar-refractivity contribution in [1.29, 1.82) is 5.53 Å². The SMILES string of the molecule is Cc1cc(CCC2=CC=C(N=N)OC2)n(C)n1. The standard InChI is InChI=1S/C12H16N4O/c1-9-7-11(16(2)15-9)5-3-10-4-6-12(14-13)17-8-10/h4,6-7,13H,3,5,8H2,1-2H3. The molecule has 90 valence electrons. The van der Waals surface area contributed by atoms with Gasteiger partial charge in [0.05, 0.1) is 5.69 Å². The number of allylic oxidation sites excluding steroid dienone is 2. The Balaban J connectivity index is 1.95. The Morgan fingerprint density at radius 3 is 2.82 bits per heavy atom. The fraction of sp³-hybridized carbons (Fsp3) is 0.417. The van der Waals surface area contributed by atoms with Crippen LogP contribution in [0.5, 0.6) is 0 Å². The summed E-state index contributed by atoms with van der Waals surface area (Å²) in [4.78, 5) is 0. The van der Waals surface area contributed by atoms with Crippen molar-refractivity contribution in [3.8, 4) is 0 Å². The molecule has 0 saturated heterocycles. The first kappa shape index (κ1) is 11.6. The molecule has 2 rings (SSSR count). The van der Waals surface area contributed by atoms with Gasteiger partial charge in [-0.25, -0.2) is 5.53 Å². The summed E-state index contributed by atoms with van der Waals surface area (Å²) in [7, 11) is 1.96. The molecule has 5 nitrogen and oxygen atoms in total. The molecular weight excluding hydrogens is 216 g/mol. The number of hydrogen-bond acceptors (Lipinski definition) is 4. The van der Waals surface area contributed by atoms with Crippen molar-refractivity contribution in [1.82, 2.24) is 9.78 Å². The van der Waals surface area contributed by atoms with Gasteiger partial charge in [-0.15, -0.1) is 5.11 Å². The van der Waals surface area contributed by atoms with Crippen molar-refractivity contribution in [2.75, 3.05) is 6.61 Å². The van der Waals surface area contributed by atoms with E-state index in [0.717, 1.165) is 18.5 Å². The highest BCUT2D eigenvalue weighted by Crippen LogP contribution is 2.16. The first-order valence-corrected chi connectivity index (χ1v) is 5.58. The van der Waals surface area contributed by atoms with Crippen molar-refractivity contribution in [3.63, 3.8) is 0 Å². The van der Waals surface area contributed by atoms with Crippen LogP contribution < -0.4 is 0 Å². The molecule has 0 unspecified atom stereocenters. The van der Waals surface area contributed by atoms with E-state index in [-0.39, 0.29) is 0 Å². The largest absolute Gasteiger partial charge is 0.472 e. The van der Waals surface area contributed by atoms with Crippen molar-refractivity contribution >= 4 is 0 Å². The minimum absolute atomic E-state index is 0.380. The molecule has 2 heterocycles. The van der Waals surface area contributed by atoms with Crippen LogP contribution in [-0.2, 0) is 18.2 Å². The van der Waals surface area contributed by atoms with Gasteiger partial charge >= 0.3 is 0 Å². The molecule has 0 atom stereocenters. The highest BCUT2D eigenvalue weighted by Gasteiger charge is 2.08. The Hall–Kier alpha value is -1.91. The third-order valence-corrected chi connectivity index (χ3v) is 2.78. The van der Waals surface area contributed by atoms with Gasteiger partial charge in [-0.1, -0.05) is 6.08 Å². The van der Waals surface area contributed by atoms with Crippen molar-refractivity contribution in [3.05, 3.63) is 41.1 Å². The number of rotatable bonds is 4. The molecule has 0 amide bonds. The number of aromatic nitrogens is 2. The van der Waals surface area contributed by atoms with E-state index in [9.17, 15) is 0 Å². The zero-order valence-corrected chi connectivity index (χ0v) is 10.1. The van der Waals surface area contributed by atoms with E-state index in [1.807, 2.05) is 24.7 Å². The highest BCUT2D eigenvalue weighted by molar-refractivity contribution is 5.20. The molecular formula is C12H16N4O. The van der Waals surface area contributed by atoms with Crippen LogP contribution in [0, 0.1) is 12.5 Å². The Labute approximate surface area is 100 Å². The molecule has 1 aliphatic rings. The molecule has 17 heavy (non-hydrogen) atoms. The number of ether oxygens (including phenoxy) is 1. The zero-order valence-electron chi connectivity index (χ0n) is 10.1. The van der Waals surface area contributed by atoms with Crippen LogP contribution in [0.1, 0.15) is 17.8 Å². The van der Waals surface area contributed by atoms with Crippen LogP contribution in [0.4, 0.5) is 0 Å². The van der Waals surface area contributed by atoms with Gasteiger partial charge in [0.1, 0.15) is 6.61 Å². The van der Waals surface area contributed by atoms with E-state index in [1.165, 1.54) is 11.3 Å². The molecule has 0 bridgehead atoms. The monoisotopic (exact) mass is 232 g/mol. The molecule has 0 saturated carbocycles. The van der Waals surface area contributed by atoms with Crippen LogP contribution in [0.2, 0.25) is 0 Å². The molecule has 5 heteroatoms. The normalized spacial score (nSPS) is 14.9. The van der Waals surface area contributed by atoms with Gasteiger partial charge < -0.3 is 4.74 Å². The second-order valence-electron chi connectivity index (χ2n) is 4.13. The third-order valence-electron chi connectivity index (χ3n) is 2.78. The summed E-state index contributed by atoms with van der Waals surface area (Å²) in [6, 6.07) is 2.10. The van der Waals surface area contributed by atoms with E-state index in [1.54, 1.807) is 6.08 Å². The molecule has 0 aromatic carbocycles. The maximum Gasteiger partial charge on any atom is 0.232 e.